The molecular weight excluding hydrogens is 426 g/mol. The Labute approximate surface area is 178 Å². The standard InChI is InChI=1S/C20H27N3O5S2/c1-15(2)23(5)30(27,28)18-11-9-16(10-12-18)14-21-20(24)17-7-6-8-19(13-17)29(25,26)22(3)4/h6-13,15H,14H2,1-5H3,(H,21,24). The van der Waals surface area contributed by atoms with Crippen molar-refractivity contribution in [2.75, 3.05) is 21.1 Å². The van der Waals surface area contributed by atoms with Crippen molar-refractivity contribution in [3.05, 3.63) is 59.7 Å². The van der Waals surface area contributed by atoms with Crippen molar-refractivity contribution < 1.29 is 21.6 Å². The molecule has 0 atom stereocenters. The molecule has 0 aromatic heterocycles. The highest BCUT2D eigenvalue weighted by Crippen LogP contribution is 2.18. The third-order valence-corrected chi connectivity index (χ3v) is 8.51. The number of rotatable bonds is 8. The zero-order valence-corrected chi connectivity index (χ0v) is 19.3. The van der Waals surface area contributed by atoms with Crippen molar-refractivity contribution in [1.29, 1.82) is 0 Å². The number of nitrogens with one attached hydrogen (secondary N) is 1. The molecule has 0 aliphatic carbocycles. The second-order valence-corrected chi connectivity index (χ2v) is 11.4. The molecule has 0 aliphatic heterocycles. The molecule has 0 heterocycles. The Morgan fingerprint density at radius 3 is 2.03 bits per heavy atom. The van der Waals surface area contributed by atoms with Crippen LogP contribution in [0.5, 0.6) is 0 Å². The summed E-state index contributed by atoms with van der Waals surface area (Å²) in [5.74, 6) is -0.429. The molecule has 0 spiro atoms. The molecule has 2 aromatic rings. The smallest absolute Gasteiger partial charge is 0.251 e. The summed E-state index contributed by atoms with van der Waals surface area (Å²) in [7, 11) is -2.84. The van der Waals surface area contributed by atoms with Gasteiger partial charge in [0, 0.05) is 39.3 Å². The van der Waals surface area contributed by atoms with E-state index in [0.29, 0.717) is 5.56 Å². The van der Waals surface area contributed by atoms with E-state index in [0.717, 1.165) is 4.31 Å². The number of hydrogen-bond acceptors (Lipinski definition) is 5. The first-order valence-corrected chi connectivity index (χ1v) is 12.1. The predicted octanol–water partition coefficient (Wildman–Crippen LogP) is 1.90. The number of sulfonamides is 2. The molecule has 30 heavy (non-hydrogen) atoms. The van der Waals surface area contributed by atoms with Crippen LogP contribution in [0.4, 0.5) is 0 Å². The maximum atomic E-state index is 12.5. The van der Waals surface area contributed by atoms with Gasteiger partial charge in [0.2, 0.25) is 20.0 Å². The minimum Gasteiger partial charge on any atom is -0.348 e. The summed E-state index contributed by atoms with van der Waals surface area (Å²) in [6.45, 7) is 3.75. The van der Waals surface area contributed by atoms with Crippen LogP contribution in [0.25, 0.3) is 0 Å². The second kappa shape index (κ2) is 9.25. The van der Waals surface area contributed by atoms with Gasteiger partial charge < -0.3 is 5.32 Å². The van der Waals surface area contributed by atoms with Gasteiger partial charge in [0.15, 0.2) is 0 Å². The van der Waals surface area contributed by atoms with Crippen molar-refractivity contribution in [3.63, 3.8) is 0 Å². The van der Waals surface area contributed by atoms with Crippen LogP contribution in [0.3, 0.4) is 0 Å². The van der Waals surface area contributed by atoms with Gasteiger partial charge in [0.05, 0.1) is 9.79 Å². The number of nitrogens with zero attached hydrogens (tertiary/aromatic N) is 2. The van der Waals surface area contributed by atoms with Crippen molar-refractivity contribution >= 4 is 26.0 Å². The van der Waals surface area contributed by atoms with Crippen LogP contribution < -0.4 is 5.32 Å². The monoisotopic (exact) mass is 453 g/mol. The summed E-state index contributed by atoms with van der Waals surface area (Å²) in [5.41, 5.74) is 0.933. The zero-order valence-electron chi connectivity index (χ0n) is 17.7. The van der Waals surface area contributed by atoms with Gasteiger partial charge >= 0.3 is 0 Å². The highest BCUT2D eigenvalue weighted by Gasteiger charge is 2.23. The number of benzene rings is 2. The van der Waals surface area contributed by atoms with Crippen molar-refractivity contribution in [3.8, 4) is 0 Å². The first-order valence-electron chi connectivity index (χ1n) is 9.25. The quantitative estimate of drug-likeness (QED) is 0.657. The Hall–Kier alpha value is -2.27. The van der Waals surface area contributed by atoms with Crippen LogP contribution in [0, 0.1) is 0 Å². The molecular formula is C20H27N3O5S2. The van der Waals surface area contributed by atoms with Crippen LogP contribution >= 0.6 is 0 Å². The topological polar surface area (TPSA) is 104 Å². The summed E-state index contributed by atoms with van der Waals surface area (Å²) in [6, 6.07) is 11.9. The molecule has 0 aliphatic rings. The van der Waals surface area contributed by atoms with Crippen LogP contribution in [0.1, 0.15) is 29.8 Å². The summed E-state index contributed by atoms with van der Waals surface area (Å²) in [5, 5.41) is 2.72. The fourth-order valence-electron chi connectivity index (χ4n) is 2.52. The summed E-state index contributed by atoms with van der Waals surface area (Å²) >= 11 is 0. The molecule has 10 heteroatoms. The Morgan fingerprint density at radius 2 is 1.50 bits per heavy atom. The minimum absolute atomic E-state index is 0.0315. The molecule has 0 fully saturated rings. The third-order valence-electron chi connectivity index (χ3n) is 4.66. The van der Waals surface area contributed by atoms with E-state index in [4.69, 9.17) is 0 Å². The molecule has 0 saturated heterocycles. The maximum absolute atomic E-state index is 12.5. The molecule has 0 saturated carbocycles. The van der Waals surface area contributed by atoms with Gasteiger partial charge in [0.1, 0.15) is 0 Å². The lowest BCUT2D eigenvalue weighted by Crippen LogP contribution is -2.33. The molecule has 1 amide bonds. The third kappa shape index (κ3) is 5.25. The molecule has 0 radical (unpaired) electrons. The van der Waals surface area contributed by atoms with Gasteiger partial charge in [-0.15, -0.1) is 0 Å². The predicted molar refractivity (Wildman–Crippen MR) is 115 cm³/mol. The first-order chi connectivity index (χ1) is 13.9. The normalized spacial score (nSPS) is 12.5. The number of hydrogen-bond donors (Lipinski definition) is 1. The molecule has 2 aromatic carbocycles. The van der Waals surface area contributed by atoms with Crippen LogP contribution in [0.15, 0.2) is 58.3 Å². The van der Waals surface area contributed by atoms with Gasteiger partial charge in [-0.3, -0.25) is 4.79 Å². The Bertz CT molecular complexity index is 1110. The summed E-state index contributed by atoms with van der Waals surface area (Å²) in [6.07, 6.45) is 0. The molecule has 0 bridgehead atoms. The first kappa shape index (κ1) is 24.0. The number of amides is 1. The van der Waals surface area contributed by atoms with Crippen molar-refractivity contribution in [1.82, 2.24) is 13.9 Å². The summed E-state index contributed by atoms with van der Waals surface area (Å²) < 4.78 is 51.8. The van der Waals surface area contributed by atoms with Gasteiger partial charge in [-0.1, -0.05) is 18.2 Å². The van der Waals surface area contributed by atoms with Crippen molar-refractivity contribution in [2.24, 2.45) is 0 Å². The van der Waals surface area contributed by atoms with Gasteiger partial charge in [-0.05, 0) is 49.7 Å². The largest absolute Gasteiger partial charge is 0.348 e. The number of carbonyl (C=O) groups is 1. The van der Waals surface area contributed by atoms with Gasteiger partial charge in [-0.25, -0.2) is 21.1 Å². The maximum Gasteiger partial charge on any atom is 0.251 e. The SMILES string of the molecule is CC(C)N(C)S(=O)(=O)c1ccc(CNC(=O)c2cccc(S(=O)(=O)N(C)C)c2)cc1. The fourth-order valence-corrected chi connectivity index (χ4v) is 4.83. The van der Waals surface area contributed by atoms with Crippen molar-refractivity contribution in [2.45, 2.75) is 36.2 Å². The van der Waals surface area contributed by atoms with Crippen LogP contribution in [0.2, 0.25) is 0 Å². The van der Waals surface area contributed by atoms with E-state index in [2.05, 4.69) is 5.32 Å². The average Bonchev–Trinajstić information content (AvgIpc) is 2.71. The van der Waals surface area contributed by atoms with E-state index < -0.39 is 26.0 Å². The molecule has 0 unspecified atom stereocenters. The lowest BCUT2D eigenvalue weighted by atomic mass is 10.2. The average molecular weight is 454 g/mol. The number of carbonyl (C=O) groups excluding carboxylic acids is 1. The van der Waals surface area contributed by atoms with E-state index in [9.17, 15) is 21.6 Å². The Morgan fingerprint density at radius 1 is 0.900 bits per heavy atom. The zero-order chi connectivity index (χ0) is 22.7. The van der Waals surface area contributed by atoms with E-state index >= 15 is 0 Å². The van der Waals surface area contributed by atoms with E-state index in [-0.39, 0.29) is 27.9 Å². The van der Waals surface area contributed by atoms with E-state index in [1.54, 1.807) is 26.0 Å². The van der Waals surface area contributed by atoms with Gasteiger partial charge in [-0.2, -0.15) is 4.31 Å². The fraction of sp³-hybridized carbons (Fsp3) is 0.350. The molecule has 164 valence electrons. The molecule has 8 nitrogen and oxygen atoms in total. The lowest BCUT2D eigenvalue weighted by Gasteiger charge is -2.21. The van der Waals surface area contributed by atoms with Crippen LogP contribution in [-0.2, 0) is 26.6 Å². The molecule has 2 rings (SSSR count). The second-order valence-electron chi connectivity index (χ2n) is 7.26. The Kier molecular flexibility index (Phi) is 7.40. The Balaban J connectivity index is 2.11. The molecule has 1 N–H and O–H groups in total. The highest BCUT2D eigenvalue weighted by atomic mass is 32.2. The van der Waals surface area contributed by atoms with E-state index in [1.165, 1.54) is 61.8 Å². The minimum atomic E-state index is -3.64. The highest BCUT2D eigenvalue weighted by molar-refractivity contribution is 7.89. The van der Waals surface area contributed by atoms with Crippen LogP contribution in [-0.4, -0.2) is 58.5 Å². The van der Waals surface area contributed by atoms with Gasteiger partial charge in [0.25, 0.3) is 5.91 Å². The lowest BCUT2D eigenvalue weighted by molar-refractivity contribution is 0.0950. The summed E-state index contributed by atoms with van der Waals surface area (Å²) in [4.78, 5) is 12.6. The van der Waals surface area contributed by atoms with E-state index in [1.807, 2.05) is 0 Å².